The lowest BCUT2D eigenvalue weighted by atomic mass is 10.2. The minimum Gasteiger partial charge on any atom is -0.491 e. The van der Waals surface area contributed by atoms with E-state index in [0.29, 0.717) is 5.75 Å². The van der Waals surface area contributed by atoms with Crippen molar-refractivity contribution in [3.05, 3.63) is 36.7 Å². The zero-order valence-corrected chi connectivity index (χ0v) is 12.2. The van der Waals surface area contributed by atoms with Gasteiger partial charge in [-0.3, -0.25) is 4.18 Å². The smallest absolute Gasteiger partial charge is 0.264 e. The van der Waals surface area contributed by atoms with Crippen molar-refractivity contribution in [2.45, 2.75) is 6.10 Å². The average molecular weight is 312 g/mol. The van der Waals surface area contributed by atoms with Crippen LogP contribution in [0.15, 0.2) is 36.7 Å². The van der Waals surface area contributed by atoms with Crippen LogP contribution in [-0.2, 0) is 14.3 Å². The molecule has 0 amide bonds. The normalized spacial score (nSPS) is 13.0. The number of imidazole rings is 1. The maximum absolute atomic E-state index is 10.8. The number of H-pyrrole nitrogens is 1. The lowest BCUT2D eigenvalue weighted by Gasteiger charge is -2.12. The topological polar surface area (TPSA) is 102 Å². The van der Waals surface area contributed by atoms with Crippen LogP contribution in [0.4, 0.5) is 0 Å². The minimum atomic E-state index is -3.56. The molecule has 2 aromatic rings. The van der Waals surface area contributed by atoms with E-state index in [-0.39, 0.29) is 13.2 Å². The Kier molecular flexibility index (Phi) is 4.94. The van der Waals surface area contributed by atoms with Crippen LogP contribution in [0, 0.1) is 0 Å². The highest BCUT2D eigenvalue weighted by molar-refractivity contribution is 7.85. The summed E-state index contributed by atoms with van der Waals surface area (Å²) in [4.78, 5) is 7.12. The number of nitrogens with one attached hydrogen (secondary N) is 1. The molecule has 0 saturated carbocycles. The summed E-state index contributed by atoms with van der Waals surface area (Å²) in [6, 6.07) is 7.13. The number of hydrogen-bond donors (Lipinski definition) is 2. The Morgan fingerprint density at radius 2 is 2.00 bits per heavy atom. The molecule has 1 atom stereocenters. The van der Waals surface area contributed by atoms with E-state index in [0.717, 1.165) is 17.6 Å². The molecule has 114 valence electrons. The molecule has 1 heterocycles. The molecule has 0 fully saturated rings. The van der Waals surface area contributed by atoms with Gasteiger partial charge >= 0.3 is 0 Å². The standard InChI is InChI=1S/C13H16N2O5S/c1-21(17,18)20-9-11(16)8-19-12-4-2-10(3-5-12)13-14-6-7-15-13/h2-7,11,16H,8-9H2,1H3,(H,14,15)/t11-/m0/s1. The molecule has 0 aliphatic rings. The summed E-state index contributed by atoms with van der Waals surface area (Å²) < 4.78 is 31.4. The predicted molar refractivity (Wildman–Crippen MR) is 76.3 cm³/mol. The van der Waals surface area contributed by atoms with Crippen LogP contribution in [0.3, 0.4) is 0 Å². The second-order valence-electron chi connectivity index (χ2n) is 4.42. The molecule has 0 aliphatic heterocycles. The summed E-state index contributed by atoms with van der Waals surface area (Å²) in [6.07, 6.45) is 3.30. The summed E-state index contributed by atoms with van der Waals surface area (Å²) in [5, 5.41) is 9.55. The Balaban J connectivity index is 1.84. The quantitative estimate of drug-likeness (QED) is 0.733. The second-order valence-corrected chi connectivity index (χ2v) is 6.06. The van der Waals surface area contributed by atoms with Gasteiger partial charge in [-0.15, -0.1) is 0 Å². The highest BCUT2D eigenvalue weighted by Gasteiger charge is 2.10. The number of aromatic amines is 1. The van der Waals surface area contributed by atoms with Gasteiger partial charge in [0.15, 0.2) is 0 Å². The van der Waals surface area contributed by atoms with E-state index in [1.807, 2.05) is 12.1 Å². The maximum Gasteiger partial charge on any atom is 0.264 e. The molecule has 1 aromatic carbocycles. The van der Waals surface area contributed by atoms with Crippen molar-refractivity contribution in [1.29, 1.82) is 0 Å². The Morgan fingerprint density at radius 1 is 1.29 bits per heavy atom. The summed E-state index contributed by atoms with van der Waals surface area (Å²) in [5.41, 5.74) is 0.910. The zero-order valence-electron chi connectivity index (χ0n) is 11.4. The van der Waals surface area contributed by atoms with Crippen LogP contribution in [0.25, 0.3) is 11.4 Å². The summed E-state index contributed by atoms with van der Waals surface area (Å²) >= 11 is 0. The van der Waals surface area contributed by atoms with Gasteiger partial charge in [-0.05, 0) is 24.3 Å². The fourth-order valence-corrected chi connectivity index (χ4v) is 1.98. The van der Waals surface area contributed by atoms with E-state index in [2.05, 4.69) is 14.2 Å². The highest BCUT2D eigenvalue weighted by atomic mass is 32.2. The molecule has 1 aromatic heterocycles. The Bertz CT molecular complexity index is 652. The molecular weight excluding hydrogens is 296 g/mol. The SMILES string of the molecule is CS(=O)(=O)OC[C@@H](O)COc1ccc(-c2ncc[nH]2)cc1. The molecule has 2 N–H and O–H groups in total. The number of hydrogen-bond acceptors (Lipinski definition) is 6. The van der Waals surface area contributed by atoms with Crippen LogP contribution in [0.1, 0.15) is 0 Å². The van der Waals surface area contributed by atoms with Gasteiger partial charge < -0.3 is 14.8 Å². The van der Waals surface area contributed by atoms with Gasteiger partial charge in [-0.25, -0.2) is 4.98 Å². The molecule has 0 unspecified atom stereocenters. The van der Waals surface area contributed by atoms with Crippen LogP contribution < -0.4 is 4.74 Å². The molecule has 0 bridgehead atoms. The van der Waals surface area contributed by atoms with Gasteiger partial charge in [0.25, 0.3) is 10.1 Å². The predicted octanol–water partition coefficient (Wildman–Crippen LogP) is 0.793. The van der Waals surface area contributed by atoms with Gasteiger partial charge in [0.05, 0.1) is 12.9 Å². The molecule has 21 heavy (non-hydrogen) atoms. The third-order valence-electron chi connectivity index (χ3n) is 2.54. The molecule has 8 heteroatoms. The molecule has 0 spiro atoms. The van der Waals surface area contributed by atoms with E-state index in [9.17, 15) is 13.5 Å². The second kappa shape index (κ2) is 6.70. The first-order valence-corrected chi connectivity index (χ1v) is 8.01. The number of aromatic nitrogens is 2. The van der Waals surface area contributed by atoms with Crippen molar-refractivity contribution in [2.75, 3.05) is 19.5 Å². The van der Waals surface area contributed by atoms with E-state index in [1.165, 1.54) is 0 Å². The molecular formula is C13H16N2O5S. The van der Waals surface area contributed by atoms with E-state index < -0.39 is 16.2 Å². The van der Waals surface area contributed by atoms with Crippen LogP contribution >= 0.6 is 0 Å². The minimum absolute atomic E-state index is 0.0599. The van der Waals surface area contributed by atoms with Gasteiger partial charge in [-0.1, -0.05) is 0 Å². The number of ether oxygens (including phenoxy) is 1. The first-order valence-electron chi connectivity index (χ1n) is 6.19. The number of benzene rings is 1. The Labute approximate surface area is 122 Å². The third kappa shape index (κ3) is 5.18. The van der Waals surface area contributed by atoms with Crippen LogP contribution in [0.2, 0.25) is 0 Å². The molecule has 0 aliphatic carbocycles. The van der Waals surface area contributed by atoms with Crippen molar-refractivity contribution in [3.8, 4) is 17.1 Å². The monoisotopic (exact) mass is 312 g/mol. The lowest BCUT2D eigenvalue weighted by Crippen LogP contribution is -2.24. The van der Waals surface area contributed by atoms with E-state index in [1.54, 1.807) is 24.5 Å². The Hall–Kier alpha value is -1.90. The summed E-state index contributed by atoms with van der Waals surface area (Å²) in [7, 11) is -3.56. The van der Waals surface area contributed by atoms with E-state index in [4.69, 9.17) is 4.74 Å². The number of rotatable bonds is 7. The van der Waals surface area contributed by atoms with Gasteiger partial charge in [0.1, 0.15) is 24.3 Å². The van der Waals surface area contributed by atoms with Crippen LogP contribution in [-0.4, -0.2) is 49.1 Å². The van der Waals surface area contributed by atoms with Gasteiger partial charge in [0.2, 0.25) is 0 Å². The molecule has 0 saturated heterocycles. The van der Waals surface area contributed by atoms with Crippen LogP contribution in [0.5, 0.6) is 5.75 Å². The van der Waals surface area contributed by atoms with E-state index >= 15 is 0 Å². The van der Waals surface area contributed by atoms with Crippen molar-refractivity contribution >= 4 is 10.1 Å². The van der Waals surface area contributed by atoms with Gasteiger partial charge in [0, 0.05) is 18.0 Å². The molecule has 2 rings (SSSR count). The largest absolute Gasteiger partial charge is 0.491 e. The van der Waals surface area contributed by atoms with Crippen molar-refractivity contribution < 1.29 is 22.4 Å². The maximum atomic E-state index is 10.8. The first-order chi connectivity index (χ1) is 9.94. The first kappa shape index (κ1) is 15.5. The number of aliphatic hydroxyl groups excluding tert-OH is 1. The summed E-state index contributed by atoms with van der Waals surface area (Å²) in [5.74, 6) is 1.31. The number of aliphatic hydroxyl groups is 1. The molecule has 7 nitrogen and oxygen atoms in total. The Morgan fingerprint density at radius 3 is 2.57 bits per heavy atom. The molecule has 0 radical (unpaired) electrons. The fourth-order valence-electron chi connectivity index (χ4n) is 1.57. The van der Waals surface area contributed by atoms with Gasteiger partial charge in [-0.2, -0.15) is 8.42 Å². The number of nitrogens with zero attached hydrogens (tertiary/aromatic N) is 1. The average Bonchev–Trinajstić information content (AvgIpc) is 2.97. The zero-order chi connectivity index (χ0) is 15.3. The highest BCUT2D eigenvalue weighted by Crippen LogP contribution is 2.19. The summed E-state index contributed by atoms with van der Waals surface area (Å²) in [6.45, 7) is -0.390. The van der Waals surface area contributed by atoms with Crippen molar-refractivity contribution in [2.24, 2.45) is 0 Å². The third-order valence-corrected chi connectivity index (χ3v) is 3.11. The van der Waals surface area contributed by atoms with Crippen molar-refractivity contribution in [3.63, 3.8) is 0 Å². The fraction of sp³-hybridized carbons (Fsp3) is 0.308. The lowest BCUT2D eigenvalue weighted by molar-refractivity contribution is 0.0652. The van der Waals surface area contributed by atoms with Crippen molar-refractivity contribution in [1.82, 2.24) is 9.97 Å².